The third-order valence-corrected chi connectivity index (χ3v) is 2.30. The summed E-state index contributed by atoms with van der Waals surface area (Å²) in [5.41, 5.74) is 2.50. The maximum Gasteiger partial charge on any atom is 0.258 e. The Morgan fingerprint density at radius 1 is 1.38 bits per heavy atom. The standard InChI is InChI=1S/C12H13N3O/c1-8-7-10(9(2)14-8)12(16)15-11-5-3-4-6-13-11/h3-7,14H,1-2H3,(H,13,15,16). The summed E-state index contributed by atoms with van der Waals surface area (Å²) in [6.07, 6.45) is 1.64. The molecule has 4 heteroatoms. The van der Waals surface area contributed by atoms with Crippen LogP contribution in [-0.2, 0) is 0 Å². The second kappa shape index (κ2) is 4.18. The van der Waals surface area contributed by atoms with E-state index in [9.17, 15) is 4.79 Å². The Bertz CT molecular complexity index is 502. The second-order valence-corrected chi connectivity index (χ2v) is 3.66. The number of amides is 1. The Balaban J connectivity index is 2.18. The zero-order valence-corrected chi connectivity index (χ0v) is 9.24. The van der Waals surface area contributed by atoms with E-state index in [2.05, 4.69) is 15.3 Å². The van der Waals surface area contributed by atoms with E-state index >= 15 is 0 Å². The summed E-state index contributed by atoms with van der Waals surface area (Å²) in [7, 11) is 0. The van der Waals surface area contributed by atoms with Crippen LogP contribution in [0, 0.1) is 13.8 Å². The predicted molar refractivity (Wildman–Crippen MR) is 62.5 cm³/mol. The number of nitrogens with zero attached hydrogens (tertiary/aromatic N) is 1. The number of aromatic nitrogens is 2. The maximum atomic E-state index is 11.9. The minimum Gasteiger partial charge on any atom is -0.362 e. The van der Waals surface area contributed by atoms with Crippen LogP contribution in [0.4, 0.5) is 5.82 Å². The fourth-order valence-electron chi connectivity index (χ4n) is 1.58. The molecule has 82 valence electrons. The highest BCUT2D eigenvalue weighted by Gasteiger charge is 2.11. The normalized spacial score (nSPS) is 10.1. The lowest BCUT2D eigenvalue weighted by Crippen LogP contribution is -2.13. The molecule has 0 aliphatic carbocycles. The molecule has 0 bridgehead atoms. The van der Waals surface area contributed by atoms with Crippen molar-refractivity contribution in [3.05, 3.63) is 47.4 Å². The summed E-state index contributed by atoms with van der Waals surface area (Å²) < 4.78 is 0. The van der Waals surface area contributed by atoms with Crippen LogP contribution in [0.1, 0.15) is 21.7 Å². The smallest absolute Gasteiger partial charge is 0.258 e. The highest BCUT2D eigenvalue weighted by molar-refractivity contribution is 6.04. The van der Waals surface area contributed by atoms with E-state index in [1.807, 2.05) is 26.0 Å². The predicted octanol–water partition coefficient (Wildman–Crippen LogP) is 2.28. The van der Waals surface area contributed by atoms with E-state index in [0.29, 0.717) is 11.4 Å². The molecule has 0 aromatic carbocycles. The number of carbonyl (C=O) groups excluding carboxylic acids is 1. The van der Waals surface area contributed by atoms with E-state index in [4.69, 9.17) is 0 Å². The van der Waals surface area contributed by atoms with Gasteiger partial charge in [-0.15, -0.1) is 0 Å². The summed E-state index contributed by atoms with van der Waals surface area (Å²) in [6.45, 7) is 3.80. The van der Waals surface area contributed by atoms with E-state index in [-0.39, 0.29) is 5.91 Å². The van der Waals surface area contributed by atoms with Crippen LogP contribution < -0.4 is 5.32 Å². The number of rotatable bonds is 2. The van der Waals surface area contributed by atoms with Crippen molar-refractivity contribution in [2.24, 2.45) is 0 Å². The van der Waals surface area contributed by atoms with Gasteiger partial charge >= 0.3 is 0 Å². The molecule has 4 nitrogen and oxygen atoms in total. The quantitative estimate of drug-likeness (QED) is 0.807. The highest BCUT2D eigenvalue weighted by atomic mass is 16.1. The molecule has 2 rings (SSSR count). The Morgan fingerprint density at radius 3 is 2.75 bits per heavy atom. The first kappa shape index (κ1) is 10.4. The molecule has 0 atom stereocenters. The molecular weight excluding hydrogens is 202 g/mol. The third-order valence-electron chi connectivity index (χ3n) is 2.30. The van der Waals surface area contributed by atoms with Gasteiger partial charge < -0.3 is 10.3 Å². The van der Waals surface area contributed by atoms with Crippen LogP contribution >= 0.6 is 0 Å². The molecule has 0 fully saturated rings. The summed E-state index contributed by atoms with van der Waals surface area (Å²) >= 11 is 0. The molecule has 0 unspecified atom stereocenters. The van der Waals surface area contributed by atoms with Gasteiger partial charge in [-0.2, -0.15) is 0 Å². The molecule has 0 aliphatic heterocycles. The van der Waals surface area contributed by atoms with Gasteiger partial charge in [-0.1, -0.05) is 6.07 Å². The van der Waals surface area contributed by atoms with Gasteiger partial charge in [-0.3, -0.25) is 4.79 Å². The number of H-pyrrole nitrogens is 1. The zero-order chi connectivity index (χ0) is 11.5. The summed E-state index contributed by atoms with van der Waals surface area (Å²) in [6, 6.07) is 7.22. The van der Waals surface area contributed by atoms with Crippen LogP contribution in [-0.4, -0.2) is 15.9 Å². The molecule has 0 saturated carbocycles. The van der Waals surface area contributed by atoms with Crippen molar-refractivity contribution in [1.82, 2.24) is 9.97 Å². The maximum absolute atomic E-state index is 11.9. The van der Waals surface area contributed by atoms with E-state index in [0.717, 1.165) is 11.4 Å². The van der Waals surface area contributed by atoms with Gasteiger partial charge in [0.05, 0.1) is 5.56 Å². The van der Waals surface area contributed by atoms with Crippen LogP contribution in [0.25, 0.3) is 0 Å². The summed E-state index contributed by atoms with van der Waals surface area (Å²) in [4.78, 5) is 19.0. The number of hydrogen-bond donors (Lipinski definition) is 2. The average Bonchev–Trinajstić information content (AvgIpc) is 2.59. The van der Waals surface area contributed by atoms with Crippen molar-refractivity contribution in [2.45, 2.75) is 13.8 Å². The molecule has 16 heavy (non-hydrogen) atoms. The van der Waals surface area contributed by atoms with E-state index in [1.54, 1.807) is 18.3 Å². The third kappa shape index (κ3) is 2.11. The first-order valence-corrected chi connectivity index (χ1v) is 5.05. The molecule has 0 saturated heterocycles. The first-order valence-electron chi connectivity index (χ1n) is 5.05. The van der Waals surface area contributed by atoms with Crippen LogP contribution in [0.3, 0.4) is 0 Å². The topological polar surface area (TPSA) is 57.8 Å². The van der Waals surface area contributed by atoms with Gasteiger partial charge in [0, 0.05) is 17.6 Å². The van der Waals surface area contributed by atoms with E-state index in [1.165, 1.54) is 0 Å². The van der Waals surface area contributed by atoms with Gasteiger partial charge in [0.1, 0.15) is 5.82 Å². The lowest BCUT2D eigenvalue weighted by molar-refractivity contribution is 0.102. The first-order chi connectivity index (χ1) is 7.66. The Hall–Kier alpha value is -2.10. The Kier molecular flexibility index (Phi) is 2.72. The molecule has 2 N–H and O–H groups in total. The minimum absolute atomic E-state index is 0.138. The van der Waals surface area contributed by atoms with Gasteiger partial charge in [-0.25, -0.2) is 4.98 Å². The monoisotopic (exact) mass is 215 g/mol. The Labute approximate surface area is 93.7 Å². The number of aryl methyl sites for hydroxylation is 2. The molecule has 0 aliphatic rings. The highest BCUT2D eigenvalue weighted by Crippen LogP contribution is 2.11. The van der Waals surface area contributed by atoms with Gasteiger partial charge in [0.25, 0.3) is 5.91 Å². The molecule has 0 radical (unpaired) electrons. The fraction of sp³-hybridized carbons (Fsp3) is 0.167. The number of aromatic amines is 1. The zero-order valence-electron chi connectivity index (χ0n) is 9.24. The number of carbonyl (C=O) groups is 1. The lowest BCUT2D eigenvalue weighted by atomic mass is 10.2. The lowest BCUT2D eigenvalue weighted by Gasteiger charge is -2.02. The number of anilines is 1. The van der Waals surface area contributed by atoms with Crippen LogP contribution in [0.5, 0.6) is 0 Å². The van der Waals surface area contributed by atoms with Crippen molar-refractivity contribution in [3.63, 3.8) is 0 Å². The second-order valence-electron chi connectivity index (χ2n) is 3.66. The SMILES string of the molecule is Cc1cc(C(=O)Nc2ccccn2)c(C)[nH]1. The van der Waals surface area contributed by atoms with Crippen LogP contribution in [0.2, 0.25) is 0 Å². The fourth-order valence-corrected chi connectivity index (χ4v) is 1.58. The molecule has 0 spiro atoms. The van der Waals surface area contributed by atoms with Crippen molar-refractivity contribution < 1.29 is 4.79 Å². The van der Waals surface area contributed by atoms with Crippen molar-refractivity contribution in [1.29, 1.82) is 0 Å². The number of pyridine rings is 1. The molecule has 2 heterocycles. The average molecular weight is 215 g/mol. The summed E-state index contributed by atoms with van der Waals surface area (Å²) in [5.74, 6) is 0.423. The van der Waals surface area contributed by atoms with Crippen LogP contribution in [0.15, 0.2) is 30.5 Å². The van der Waals surface area contributed by atoms with Gasteiger partial charge in [0.15, 0.2) is 0 Å². The molecular formula is C12H13N3O. The van der Waals surface area contributed by atoms with Crippen molar-refractivity contribution in [2.75, 3.05) is 5.32 Å². The van der Waals surface area contributed by atoms with E-state index < -0.39 is 0 Å². The molecule has 1 amide bonds. The molecule has 2 aromatic heterocycles. The number of hydrogen-bond acceptors (Lipinski definition) is 2. The van der Waals surface area contributed by atoms with Gasteiger partial charge in [0.2, 0.25) is 0 Å². The van der Waals surface area contributed by atoms with Gasteiger partial charge in [-0.05, 0) is 32.0 Å². The van der Waals surface area contributed by atoms with Crippen molar-refractivity contribution in [3.8, 4) is 0 Å². The van der Waals surface area contributed by atoms with Crippen molar-refractivity contribution >= 4 is 11.7 Å². The largest absolute Gasteiger partial charge is 0.362 e. The summed E-state index contributed by atoms with van der Waals surface area (Å²) in [5, 5.41) is 2.74. The minimum atomic E-state index is -0.138. The number of nitrogens with one attached hydrogen (secondary N) is 2. The Morgan fingerprint density at radius 2 is 2.19 bits per heavy atom. The molecule has 2 aromatic rings.